The fourth-order valence-corrected chi connectivity index (χ4v) is 3.32. The Balaban J connectivity index is 2.53. The van der Waals surface area contributed by atoms with Crippen LogP contribution in [-0.2, 0) is 9.84 Å². The Bertz CT molecular complexity index is 303. The number of likely N-dealkylation sites (tertiary alicyclic amines) is 1. The van der Waals surface area contributed by atoms with E-state index in [0.717, 1.165) is 6.54 Å². The molecule has 1 saturated heterocycles. The maximum atomic E-state index is 11.1. The second kappa shape index (κ2) is 3.49. The molecule has 0 spiro atoms. The Hall–Kier alpha value is -0.0900. The van der Waals surface area contributed by atoms with Crippen LogP contribution in [0.5, 0.6) is 0 Å². The third-order valence-electron chi connectivity index (χ3n) is 2.98. The number of hydrogen-bond acceptors (Lipinski definition) is 3. The molecule has 84 valence electrons. The van der Waals surface area contributed by atoms with Crippen LogP contribution in [0.4, 0.5) is 0 Å². The second-order valence-electron chi connectivity index (χ2n) is 5.42. The molecule has 2 atom stereocenters. The van der Waals surface area contributed by atoms with E-state index in [0.29, 0.717) is 17.7 Å². The lowest BCUT2D eigenvalue weighted by Crippen LogP contribution is -2.63. The van der Waals surface area contributed by atoms with Crippen molar-refractivity contribution in [2.75, 3.05) is 18.6 Å². The molecule has 1 heterocycles. The first-order valence-corrected chi connectivity index (χ1v) is 7.12. The van der Waals surface area contributed by atoms with Crippen LogP contribution in [0.1, 0.15) is 27.7 Å². The minimum Gasteiger partial charge on any atom is -0.295 e. The molecule has 0 N–H and O–H groups in total. The van der Waals surface area contributed by atoms with Gasteiger partial charge in [-0.2, -0.15) is 0 Å². The van der Waals surface area contributed by atoms with Crippen LogP contribution in [0.2, 0.25) is 0 Å². The summed E-state index contributed by atoms with van der Waals surface area (Å²) < 4.78 is 22.2. The van der Waals surface area contributed by atoms with Crippen molar-refractivity contribution in [1.82, 2.24) is 4.90 Å². The molecule has 1 rings (SSSR count). The molecule has 1 aliphatic heterocycles. The van der Waals surface area contributed by atoms with Gasteiger partial charge in [-0.15, -0.1) is 0 Å². The fourth-order valence-electron chi connectivity index (χ4n) is 2.15. The highest BCUT2D eigenvalue weighted by Gasteiger charge is 2.42. The standard InChI is InChI=1S/C10H21NO2S/c1-8-9(7-14(5,12)13)6-11(8)10(2,3)4/h8-9H,6-7H2,1-5H3/t8-,9-/m0/s1. The first-order chi connectivity index (χ1) is 6.11. The molecule has 0 unspecified atom stereocenters. The Labute approximate surface area is 87.4 Å². The lowest BCUT2D eigenvalue weighted by molar-refractivity contribution is -0.0349. The van der Waals surface area contributed by atoms with Gasteiger partial charge >= 0.3 is 0 Å². The highest BCUT2D eigenvalue weighted by molar-refractivity contribution is 7.90. The van der Waals surface area contributed by atoms with E-state index in [2.05, 4.69) is 32.6 Å². The molecule has 3 nitrogen and oxygen atoms in total. The molecule has 0 saturated carbocycles. The van der Waals surface area contributed by atoms with Gasteiger partial charge in [0.05, 0.1) is 5.75 Å². The molecular weight excluding hydrogens is 198 g/mol. The maximum Gasteiger partial charge on any atom is 0.147 e. The zero-order valence-electron chi connectivity index (χ0n) is 9.74. The van der Waals surface area contributed by atoms with Crippen LogP contribution in [-0.4, -0.2) is 43.5 Å². The van der Waals surface area contributed by atoms with E-state index in [1.807, 2.05) is 0 Å². The summed E-state index contributed by atoms with van der Waals surface area (Å²) in [5, 5.41) is 0. The van der Waals surface area contributed by atoms with Crippen LogP contribution < -0.4 is 0 Å². The van der Waals surface area contributed by atoms with E-state index in [1.165, 1.54) is 6.26 Å². The second-order valence-corrected chi connectivity index (χ2v) is 7.60. The summed E-state index contributed by atoms with van der Waals surface area (Å²) in [6.07, 6.45) is 1.32. The van der Waals surface area contributed by atoms with Crippen molar-refractivity contribution in [3.8, 4) is 0 Å². The predicted octanol–water partition coefficient (Wildman–Crippen LogP) is 1.15. The van der Waals surface area contributed by atoms with E-state index in [4.69, 9.17) is 0 Å². The topological polar surface area (TPSA) is 37.4 Å². The summed E-state index contributed by atoms with van der Waals surface area (Å²) in [7, 11) is -2.81. The van der Waals surface area contributed by atoms with E-state index >= 15 is 0 Å². The van der Waals surface area contributed by atoms with Crippen molar-refractivity contribution in [2.45, 2.75) is 39.3 Å². The van der Waals surface area contributed by atoms with Crippen molar-refractivity contribution in [3.63, 3.8) is 0 Å². The van der Waals surface area contributed by atoms with Crippen molar-refractivity contribution in [3.05, 3.63) is 0 Å². The van der Waals surface area contributed by atoms with Gasteiger partial charge in [0.1, 0.15) is 9.84 Å². The lowest BCUT2D eigenvalue weighted by atomic mass is 9.86. The molecular formula is C10H21NO2S. The zero-order chi connectivity index (χ0) is 11.1. The molecule has 0 aromatic carbocycles. The van der Waals surface area contributed by atoms with Gasteiger partial charge in [0.2, 0.25) is 0 Å². The molecule has 0 aliphatic carbocycles. The number of rotatable bonds is 2. The lowest BCUT2D eigenvalue weighted by Gasteiger charge is -2.53. The van der Waals surface area contributed by atoms with Crippen LogP contribution in [0, 0.1) is 5.92 Å². The molecule has 0 radical (unpaired) electrons. The van der Waals surface area contributed by atoms with Gasteiger partial charge in [-0.05, 0) is 27.7 Å². The highest BCUT2D eigenvalue weighted by Crippen LogP contribution is 2.32. The van der Waals surface area contributed by atoms with Gasteiger partial charge in [0, 0.05) is 30.3 Å². The van der Waals surface area contributed by atoms with Gasteiger partial charge in [-0.1, -0.05) is 0 Å². The van der Waals surface area contributed by atoms with Crippen LogP contribution >= 0.6 is 0 Å². The predicted molar refractivity (Wildman–Crippen MR) is 59.1 cm³/mol. The van der Waals surface area contributed by atoms with Gasteiger partial charge in [0.15, 0.2) is 0 Å². The third-order valence-corrected chi connectivity index (χ3v) is 4.02. The summed E-state index contributed by atoms with van der Waals surface area (Å²) in [5.41, 5.74) is 0.160. The van der Waals surface area contributed by atoms with Crippen LogP contribution in [0.3, 0.4) is 0 Å². The Morgan fingerprint density at radius 3 is 2.14 bits per heavy atom. The zero-order valence-corrected chi connectivity index (χ0v) is 10.6. The van der Waals surface area contributed by atoms with Gasteiger partial charge < -0.3 is 0 Å². The normalized spacial score (nSPS) is 30.1. The highest BCUT2D eigenvalue weighted by atomic mass is 32.2. The first kappa shape index (κ1) is 12.0. The molecule has 0 aromatic rings. The Morgan fingerprint density at radius 2 is 1.86 bits per heavy atom. The van der Waals surface area contributed by atoms with Crippen LogP contribution in [0.15, 0.2) is 0 Å². The fraction of sp³-hybridized carbons (Fsp3) is 1.00. The van der Waals surface area contributed by atoms with E-state index in [1.54, 1.807) is 0 Å². The molecule has 1 aliphatic rings. The molecule has 14 heavy (non-hydrogen) atoms. The van der Waals surface area contributed by atoms with Crippen molar-refractivity contribution < 1.29 is 8.42 Å². The molecule has 4 heteroatoms. The minimum atomic E-state index is -2.81. The molecule has 0 aromatic heterocycles. The summed E-state index contributed by atoms with van der Waals surface area (Å²) in [4.78, 5) is 2.35. The number of nitrogens with zero attached hydrogens (tertiary/aromatic N) is 1. The SMILES string of the molecule is C[C@H]1[C@H](CS(C)(=O)=O)CN1C(C)(C)C. The molecule has 0 amide bonds. The van der Waals surface area contributed by atoms with Crippen molar-refractivity contribution in [2.24, 2.45) is 5.92 Å². The van der Waals surface area contributed by atoms with Gasteiger partial charge in [-0.3, -0.25) is 4.90 Å². The monoisotopic (exact) mass is 219 g/mol. The summed E-state index contributed by atoms with van der Waals surface area (Å²) in [6.45, 7) is 9.53. The number of sulfone groups is 1. The van der Waals surface area contributed by atoms with Crippen molar-refractivity contribution >= 4 is 9.84 Å². The van der Waals surface area contributed by atoms with Gasteiger partial charge in [-0.25, -0.2) is 8.42 Å². The quantitative estimate of drug-likeness (QED) is 0.699. The number of hydrogen-bond donors (Lipinski definition) is 0. The molecule has 0 bridgehead atoms. The average molecular weight is 219 g/mol. The maximum absolute atomic E-state index is 11.1. The third kappa shape index (κ3) is 2.70. The smallest absolute Gasteiger partial charge is 0.147 e. The van der Waals surface area contributed by atoms with E-state index in [9.17, 15) is 8.42 Å². The van der Waals surface area contributed by atoms with Crippen LogP contribution in [0.25, 0.3) is 0 Å². The van der Waals surface area contributed by atoms with E-state index in [-0.39, 0.29) is 5.54 Å². The summed E-state index contributed by atoms with van der Waals surface area (Å²) in [5.74, 6) is 0.657. The average Bonchev–Trinajstić information content (AvgIpc) is 1.92. The summed E-state index contributed by atoms with van der Waals surface area (Å²) >= 11 is 0. The Morgan fingerprint density at radius 1 is 1.36 bits per heavy atom. The first-order valence-electron chi connectivity index (χ1n) is 5.06. The van der Waals surface area contributed by atoms with Gasteiger partial charge in [0.25, 0.3) is 0 Å². The van der Waals surface area contributed by atoms with Crippen molar-refractivity contribution in [1.29, 1.82) is 0 Å². The Kier molecular flexibility index (Phi) is 2.99. The minimum absolute atomic E-state index is 0.160. The largest absolute Gasteiger partial charge is 0.295 e. The van der Waals surface area contributed by atoms with E-state index < -0.39 is 9.84 Å². The summed E-state index contributed by atoms with van der Waals surface area (Å²) in [6, 6.07) is 0.393. The molecule has 1 fully saturated rings.